The van der Waals surface area contributed by atoms with Gasteiger partial charge in [-0.15, -0.1) is 5.10 Å². The Hall–Kier alpha value is -2.43. The quantitative estimate of drug-likeness (QED) is 0.725. The molecule has 0 aliphatic rings. The van der Waals surface area contributed by atoms with E-state index in [0.717, 1.165) is 11.1 Å². The number of hydrogen-bond donors (Lipinski definition) is 0. The third-order valence-corrected chi connectivity index (χ3v) is 3.00. The monoisotopic (exact) mass is 274 g/mol. The number of nitrogens with zero attached hydrogens (tertiary/aromatic N) is 2. The van der Waals surface area contributed by atoms with Crippen LogP contribution < -0.4 is 4.74 Å². The molecule has 0 amide bonds. The van der Waals surface area contributed by atoms with Crippen molar-refractivity contribution in [2.75, 3.05) is 0 Å². The lowest BCUT2D eigenvalue weighted by Gasteiger charge is -2.03. The van der Waals surface area contributed by atoms with Crippen molar-refractivity contribution in [1.29, 1.82) is 0 Å². The van der Waals surface area contributed by atoms with Crippen molar-refractivity contribution in [3.63, 3.8) is 0 Å². The summed E-state index contributed by atoms with van der Waals surface area (Å²) in [5, 5.41) is 4.73. The number of aromatic nitrogens is 2. The Labute approximate surface area is 114 Å². The molecule has 0 bridgehead atoms. The van der Waals surface area contributed by atoms with Crippen molar-refractivity contribution in [1.82, 2.24) is 9.78 Å². The molecule has 20 heavy (non-hydrogen) atoms. The lowest BCUT2D eigenvalue weighted by atomic mass is 10.2. The fourth-order valence-corrected chi connectivity index (χ4v) is 2.15. The average Bonchev–Trinajstić information content (AvgIpc) is 2.78. The van der Waals surface area contributed by atoms with Crippen LogP contribution in [-0.2, 0) is 6.54 Å². The topological polar surface area (TPSA) is 27.1 Å². The van der Waals surface area contributed by atoms with E-state index in [4.69, 9.17) is 0 Å². The third kappa shape index (κ3) is 2.47. The summed E-state index contributed by atoms with van der Waals surface area (Å²) in [6.07, 6.45) is 0. The van der Waals surface area contributed by atoms with Crippen LogP contribution in [0.5, 0.6) is 5.88 Å². The fraction of sp³-hybridized carbons (Fsp3) is 0.133. The van der Waals surface area contributed by atoms with Crippen LogP contribution in [0.15, 0.2) is 54.6 Å². The zero-order valence-electron chi connectivity index (χ0n) is 10.5. The lowest BCUT2D eigenvalue weighted by Crippen LogP contribution is -2.05. The molecule has 0 aliphatic carbocycles. The number of fused-ring (bicyclic) bond motifs is 1. The van der Waals surface area contributed by atoms with Gasteiger partial charge >= 0.3 is 6.61 Å². The summed E-state index contributed by atoms with van der Waals surface area (Å²) >= 11 is 0. The highest BCUT2D eigenvalue weighted by Crippen LogP contribution is 2.26. The van der Waals surface area contributed by atoms with E-state index in [-0.39, 0.29) is 5.88 Å². The molecule has 2 aromatic carbocycles. The molecule has 1 heterocycles. The Kier molecular flexibility index (Phi) is 3.33. The van der Waals surface area contributed by atoms with Crippen LogP contribution >= 0.6 is 0 Å². The second-order valence-corrected chi connectivity index (χ2v) is 4.34. The third-order valence-electron chi connectivity index (χ3n) is 3.00. The van der Waals surface area contributed by atoms with Gasteiger partial charge in [-0.2, -0.15) is 8.78 Å². The maximum atomic E-state index is 12.4. The van der Waals surface area contributed by atoms with Crippen LogP contribution in [0.2, 0.25) is 0 Å². The van der Waals surface area contributed by atoms with Gasteiger partial charge in [-0.25, -0.2) is 0 Å². The Morgan fingerprint density at radius 3 is 2.45 bits per heavy atom. The van der Waals surface area contributed by atoms with E-state index in [2.05, 4.69) is 9.84 Å². The molecule has 3 aromatic rings. The van der Waals surface area contributed by atoms with E-state index >= 15 is 0 Å². The SMILES string of the molecule is FC(F)Oc1nn(Cc2ccccc2)c2ccccc12. The maximum Gasteiger partial charge on any atom is 0.388 e. The van der Waals surface area contributed by atoms with Crippen LogP contribution in [0.4, 0.5) is 8.78 Å². The Morgan fingerprint density at radius 2 is 1.70 bits per heavy atom. The summed E-state index contributed by atoms with van der Waals surface area (Å²) in [4.78, 5) is 0. The zero-order chi connectivity index (χ0) is 13.9. The maximum absolute atomic E-state index is 12.4. The standard InChI is InChI=1S/C15H12F2N2O/c16-15(17)20-14-12-8-4-5-9-13(12)19(18-14)10-11-6-2-1-3-7-11/h1-9,15H,10H2. The molecule has 0 aliphatic heterocycles. The molecule has 0 N–H and O–H groups in total. The molecule has 0 fully saturated rings. The molecular formula is C15H12F2N2O. The highest BCUT2D eigenvalue weighted by Gasteiger charge is 2.14. The van der Waals surface area contributed by atoms with Gasteiger partial charge < -0.3 is 4.74 Å². The molecule has 3 rings (SSSR count). The number of para-hydroxylation sites is 1. The zero-order valence-corrected chi connectivity index (χ0v) is 10.5. The first-order valence-corrected chi connectivity index (χ1v) is 6.18. The van der Waals surface area contributed by atoms with Gasteiger partial charge in [0.1, 0.15) is 0 Å². The molecule has 0 saturated heterocycles. The number of rotatable bonds is 4. The van der Waals surface area contributed by atoms with Crippen molar-refractivity contribution in [3.05, 3.63) is 60.2 Å². The Bertz CT molecular complexity index is 710. The average molecular weight is 274 g/mol. The summed E-state index contributed by atoms with van der Waals surface area (Å²) in [7, 11) is 0. The van der Waals surface area contributed by atoms with E-state index < -0.39 is 6.61 Å². The minimum Gasteiger partial charge on any atom is -0.415 e. The first-order valence-electron chi connectivity index (χ1n) is 6.18. The van der Waals surface area contributed by atoms with Gasteiger partial charge in [0.2, 0.25) is 5.88 Å². The highest BCUT2D eigenvalue weighted by molar-refractivity contribution is 5.84. The van der Waals surface area contributed by atoms with Crippen LogP contribution in [0, 0.1) is 0 Å². The van der Waals surface area contributed by atoms with E-state index in [1.165, 1.54) is 0 Å². The molecule has 1 aromatic heterocycles. The first kappa shape index (κ1) is 12.6. The summed E-state index contributed by atoms with van der Waals surface area (Å²) in [5.41, 5.74) is 1.82. The summed E-state index contributed by atoms with van der Waals surface area (Å²) in [6, 6.07) is 16.9. The molecule has 0 unspecified atom stereocenters. The molecule has 3 nitrogen and oxygen atoms in total. The number of alkyl halides is 2. The normalized spacial score (nSPS) is 11.2. The van der Waals surface area contributed by atoms with Crippen LogP contribution in [0.3, 0.4) is 0 Å². The largest absolute Gasteiger partial charge is 0.415 e. The van der Waals surface area contributed by atoms with Crippen LogP contribution in [-0.4, -0.2) is 16.4 Å². The van der Waals surface area contributed by atoms with Crippen molar-refractivity contribution >= 4 is 10.9 Å². The Morgan fingerprint density at radius 1 is 1.00 bits per heavy atom. The van der Waals surface area contributed by atoms with Gasteiger partial charge in [-0.05, 0) is 17.7 Å². The van der Waals surface area contributed by atoms with E-state index in [9.17, 15) is 8.78 Å². The highest BCUT2D eigenvalue weighted by atomic mass is 19.3. The van der Waals surface area contributed by atoms with Gasteiger partial charge in [-0.1, -0.05) is 42.5 Å². The number of benzene rings is 2. The van der Waals surface area contributed by atoms with Gasteiger partial charge in [0, 0.05) is 0 Å². The smallest absolute Gasteiger partial charge is 0.388 e. The van der Waals surface area contributed by atoms with E-state index in [1.807, 2.05) is 42.5 Å². The predicted molar refractivity (Wildman–Crippen MR) is 71.9 cm³/mol. The predicted octanol–water partition coefficient (Wildman–Crippen LogP) is 3.69. The summed E-state index contributed by atoms with van der Waals surface area (Å²) in [6.45, 7) is -2.37. The minimum atomic E-state index is -2.88. The number of halogens is 2. The Balaban J connectivity index is 2.02. The van der Waals surface area contributed by atoms with E-state index in [1.54, 1.807) is 16.8 Å². The fourth-order valence-electron chi connectivity index (χ4n) is 2.15. The second-order valence-electron chi connectivity index (χ2n) is 4.34. The molecule has 0 spiro atoms. The van der Waals surface area contributed by atoms with Crippen LogP contribution in [0.25, 0.3) is 10.9 Å². The van der Waals surface area contributed by atoms with Crippen molar-refractivity contribution in [2.45, 2.75) is 13.2 Å². The van der Waals surface area contributed by atoms with Gasteiger partial charge in [0.05, 0.1) is 17.4 Å². The molecule has 0 saturated carbocycles. The van der Waals surface area contributed by atoms with Gasteiger partial charge in [0.15, 0.2) is 0 Å². The minimum absolute atomic E-state index is 0.0356. The molecule has 5 heteroatoms. The van der Waals surface area contributed by atoms with Crippen LogP contribution in [0.1, 0.15) is 5.56 Å². The first-order chi connectivity index (χ1) is 9.74. The molecule has 102 valence electrons. The van der Waals surface area contributed by atoms with Gasteiger partial charge in [-0.3, -0.25) is 4.68 Å². The van der Waals surface area contributed by atoms with Crippen molar-refractivity contribution < 1.29 is 13.5 Å². The number of hydrogen-bond acceptors (Lipinski definition) is 2. The molecular weight excluding hydrogens is 262 g/mol. The second kappa shape index (κ2) is 5.28. The van der Waals surface area contributed by atoms with E-state index in [0.29, 0.717) is 11.9 Å². The van der Waals surface area contributed by atoms with Crippen molar-refractivity contribution in [3.8, 4) is 5.88 Å². The lowest BCUT2D eigenvalue weighted by molar-refractivity contribution is -0.0522. The number of ether oxygens (including phenoxy) is 1. The summed E-state index contributed by atoms with van der Waals surface area (Å²) in [5.74, 6) is -0.0356. The molecule has 0 atom stereocenters. The summed E-state index contributed by atoms with van der Waals surface area (Å²) < 4.78 is 31.0. The molecule has 0 radical (unpaired) electrons. The van der Waals surface area contributed by atoms with Crippen molar-refractivity contribution in [2.24, 2.45) is 0 Å². The van der Waals surface area contributed by atoms with Gasteiger partial charge in [0.25, 0.3) is 0 Å².